The van der Waals surface area contributed by atoms with Gasteiger partial charge in [-0.3, -0.25) is 9.69 Å². The minimum absolute atomic E-state index is 0.00549. The fourth-order valence-electron chi connectivity index (χ4n) is 3.42. The summed E-state index contributed by atoms with van der Waals surface area (Å²) >= 11 is 1.59. The molecular weight excluding hydrogens is 382 g/mol. The second-order valence-corrected chi connectivity index (χ2v) is 8.26. The van der Waals surface area contributed by atoms with E-state index in [1.807, 2.05) is 30.3 Å². The minimum atomic E-state index is -0.0613. The third-order valence-corrected chi connectivity index (χ3v) is 6.36. The molecule has 1 heterocycles. The molecule has 3 rings (SSSR count). The average Bonchev–Trinajstić information content (AvgIpc) is 3.14. The molecule has 0 spiro atoms. The molecule has 0 saturated heterocycles. The Labute approximate surface area is 176 Å². The molecule has 1 aromatic heterocycles. The van der Waals surface area contributed by atoms with Crippen molar-refractivity contribution in [3.8, 4) is 5.75 Å². The van der Waals surface area contributed by atoms with Crippen LogP contribution in [0.5, 0.6) is 5.75 Å². The van der Waals surface area contributed by atoms with Gasteiger partial charge < -0.3 is 9.64 Å². The lowest BCUT2D eigenvalue weighted by Gasteiger charge is -2.23. The van der Waals surface area contributed by atoms with Gasteiger partial charge in [-0.2, -0.15) is 0 Å². The van der Waals surface area contributed by atoms with Gasteiger partial charge >= 0.3 is 0 Å². The molecule has 0 bridgehead atoms. The van der Waals surface area contributed by atoms with Gasteiger partial charge in [-0.15, -0.1) is 0 Å². The summed E-state index contributed by atoms with van der Waals surface area (Å²) in [6.45, 7) is 12.1. The van der Waals surface area contributed by atoms with Crippen LogP contribution in [0.15, 0.2) is 42.5 Å². The number of amides is 1. The Bertz CT molecular complexity index is 951. The monoisotopic (exact) mass is 412 g/mol. The number of para-hydroxylation sites is 1. The van der Waals surface area contributed by atoms with E-state index in [0.717, 1.165) is 35.0 Å². The molecule has 154 valence electrons. The summed E-state index contributed by atoms with van der Waals surface area (Å²) in [5.41, 5.74) is 3.34. The number of nitrogens with zero attached hydrogens (tertiary/aromatic N) is 2. The van der Waals surface area contributed by atoms with Crippen LogP contribution in [-0.4, -0.2) is 43.7 Å². The van der Waals surface area contributed by atoms with Crippen molar-refractivity contribution in [2.75, 3.05) is 37.7 Å². The molecule has 0 saturated carbocycles. The normalized spacial score (nSPS) is 11.2. The first kappa shape index (κ1) is 21.3. The van der Waals surface area contributed by atoms with E-state index in [1.165, 1.54) is 16.0 Å². The summed E-state index contributed by atoms with van der Waals surface area (Å²) in [7, 11) is 0. The summed E-state index contributed by atoms with van der Waals surface area (Å²) in [5, 5.41) is 0.752. The summed E-state index contributed by atoms with van der Waals surface area (Å²) in [5.74, 6) is 0.639. The second-order valence-electron chi connectivity index (χ2n) is 7.28. The van der Waals surface area contributed by atoms with E-state index in [-0.39, 0.29) is 12.5 Å². The number of fused-ring (bicyclic) bond motifs is 1. The lowest BCUT2D eigenvalue weighted by molar-refractivity contribution is -0.894. The number of thiazole rings is 1. The highest BCUT2D eigenvalue weighted by Crippen LogP contribution is 2.32. The van der Waals surface area contributed by atoms with Crippen molar-refractivity contribution in [2.45, 2.75) is 27.7 Å². The van der Waals surface area contributed by atoms with Gasteiger partial charge in [0, 0.05) is 0 Å². The van der Waals surface area contributed by atoms with E-state index in [1.54, 1.807) is 16.2 Å². The number of anilines is 1. The van der Waals surface area contributed by atoms with E-state index < -0.39 is 0 Å². The molecule has 3 aromatic rings. The van der Waals surface area contributed by atoms with Crippen LogP contribution in [0.25, 0.3) is 10.2 Å². The third kappa shape index (κ3) is 5.34. The molecule has 6 heteroatoms. The van der Waals surface area contributed by atoms with Crippen LogP contribution < -0.4 is 14.5 Å². The summed E-state index contributed by atoms with van der Waals surface area (Å²) in [6, 6.07) is 13.7. The number of hydrogen-bond acceptors (Lipinski definition) is 4. The van der Waals surface area contributed by atoms with Crippen LogP contribution in [0, 0.1) is 13.8 Å². The SMILES string of the molecule is CC[NH+](CC)CCN(C(=O)COc1ccccc1)c1nc2cc(C)cc(C)c2s1. The first-order valence-electron chi connectivity index (χ1n) is 10.2. The number of carbonyl (C=O) groups is 1. The van der Waals surface area contributed by atoms with E-state index in [9.17, 15) is 4.79 Å². The maximum absolute atomic E-state index is 13.1. The van der Waals surface area contributed by atoms with Gasteiger partial charge in [-0.1, -0.05) is 35.6 Å². The largest absolute Gasteiger partial charge is 0.484 e. The van der Waals surface area contributed by atoms with Crippen molar-refractivity contribution in [1.29, 1.82) is 0 Å². The number of carbonyl (C=O) groups excluding carboxylic acids is 1. The molecule has 0 aliphatic heterocycles. The number of rotatable bonds is 9. The highest BCUT2D eigenvalue weighted by Gasteiger charge is 2.22. The topological polar surface area (TPSA) is 46.9 Å². The van der Waals surface area contributed by atoms with Crippen LogP contribution in [0.3, 0.4) is 0 Å². The van der Waals surface area contributed by atoms with Gasteiger partial charge in [0.1, 0.15) is 5.75 Å². The zero-order valence-electron chi connectivity index (χ0n) is 17.7. The van der Waals surface area contributed by atoms with Crippen molar-refractivity contribution in [3.63, 3.8) is 0 Å². The van der Waals surface area contributed by atoms with Gasteiger partial charge in [0.25, 0.3) is 5.91 Å². The molecule has 0 radical (unpaired) electrons. The van der Waals surface area contributed by atoms with Crippen molar-refractivity contribution < 1.29 is 14.4 Å². The standard InChI is InChI=1S/C23H29N3O2S/c1-5-25(6-2)12-13-26(21(27)16-28-19-10-8-7-9-11-19)23-24-20-15-17(3)14-18(4)22(20)29-23/h7-11,14-15H,5-6,12-13,16H2,1-4H3/p+1. The highest BCUT2D eigenvalue weighted by molar-refractivity contribution is 7.22. The number of benzene rings is 2. The van der Waals surface area contributed by atoms with Crippen LogP contribution in [0.4, 0.5) is 5.13 Å². The summed E-state index contributed by atoms with van der Waals surface area (Å²) < 4.78 is 6.87. The molecule has 2 aromatic carbocycles. The third-order valence-electron chi connectivity index (χ3n) is 5.14. The molecule has 0 aliphatic rings. The number of aryl methyl sites for hydroxylation is 2. The van der Waals surface area contributed by atoms with Gasteiger partial charge in [-0.25, -0.2) is 4.98 Å². The van der Waals surface area contributed by atoms with Crippen molar-refractivity contribution in [1.82, 2.24) is 4.98 Å². The Hall–Kier alpha value is -2.44. The summed E-state index contributed by atoms with van der Waals surface area (Å²) in [4.78, 5) is 21.1. The quantitative estimate of drug-likeness (QED) is 0.587. The van der Waals surface area contributed by atoms with Crippen molar-refractivity contribution in [3.05, 3.63) is 53.6 Å². The molecular formula is C23H30N3O2S+. The molecule has 0 fully saturated rings. The Balaban J connectivity index is 1.83. The number of quaternary nitrogens is 1. The maximum atomic E-state index is 13.1. The zero-order valence-corrected chi connectivity index (χ0v) is 18.5. The van der Waals surface area contributed by atoms with Crippen LogP contribution in [-0.2, 0) is 4.79 Å². The molecule has 0 atom stereocenters. The van der Waals surface area contributed by atoms with Gasteiger partial charge in [0.15, 0.2) is 11.7 Å². The van der Waals surface area contributed by atoms with E-state index >= 15 is 0 Å². The molecule has 0 unspecified atom stereocenters. The Kier molecular flexibility index (Phi) is 7.23. The number of aromatic nitrogens is 1. The predicted molar refractivity (Wildman–Crippen MR) is 120 cm³/mol. The minimum Gasteiger partial charge on any atom is -0.484 e. The zero-order chi connectivity index (χ0) is 20.8. The van der Waals surface area contributed by atoms with Gasteiger partial charge in [0.05, 0.1) is 36.4 Å². The fourth-order valence-corrected chi connectivity index (χ4v) is 4.48. The fraction of sp³-hybridized carbons (Fsp3) is 0.391. The van der Waals surface area contributed by atoms with E-state index in [4.69, 9.17) is 9.72 Å². The van der Waals surface area contributed by atoms with E-state index in [2.05, 4.69) is 39.8 Å². The van der Waals surface area contributed by atoms with Gasteiger partial charge in [0.2, 0.25) is 0 Å². The first-order chi connectivity index (χ1) is 14.0. The molecule has 5 nitrogen and oxygen atoms in total. The number of ether oxygens (including phenoxy) is 1. The maximum Gasteiger partial charge on any atom is 0.266 e. The smallest absolute Gasteiger partial charge is 0.266 e. The first-order valence-corrected chi connectivity index (χ1v) is 11.0. The number of hydrogen-bond donors (Lipinski definition) is 1. The molecule has 1 amide bonds. The predicted octanol–water partition coefficient (Wildman–Crippen LogP) is 3.25. The lowest BCUT2D eigenvalue weighted by Crippen LogP contribution is -3.12. The molecule has 0 aliphatic carbocycles. The lowest BCUT2D eigenvalue weighted by atomic mass is 10.1. The Morgan fingerprint density at radius 3 is 2.55 bits per heavy atom. The van der Waals surface area contributed by atoms with E-state index in [0.29, 0.717) is 12.3 Å². The Morgan fingerprint density at radius 1 is 1.14 bits per heavy atom. The Morgan fingerprint density at radius 2 is 1.86 bits per heavy atom. The molecule has 29 heavy (non-hydrogen) atoms. The number of nitrogens with one attached hydrogen (secondary N) is 1. The number of likely N-dealkylation sites (N-methyl/N-ethyl adjacent to an activating group) is 1. The van der Waals surface area contributed by atoms with Crippen molar-refractivity contribution in [2.24, 2.45) is 0 Å². The highest BCUT2D eigenvalue weighted by atomic mass is 32.1. The van der Waals surface area contributed by atoms with Crippen LogP contribution >= 0.6 is 11.3 Å². The van der Waals surface area contributed by atoms with Gasteiger partial charge in [-0.05, 0) is 57.0 Å². The second kappa shape index (κ2) is 9.85. The van der Waals surface area contributed by atoms with Crippen molar-refractivity contribution >= 4 is 32.6 Å². The van der Waals surface area contributed by atoms with Crippen LogP contribution in [0.2, 0.25) is 0 Å². The average molecular weight is 413 g/mol. The summed E-state index contributed by atoms with van der Waals surface area (Å²) in [6.07, 6.45) is 0. The van der Waals surface area contributed by atoms with Crippen LogP contribution in [0.1, 0.15) is 25.0 Å². The molecule has 1 N–H and O–H groups in total.